The van der Waals surface area contributed by atoms with Gasteiger partial charge in [-0.15, -0.1) is 11.3 Å². The van der Waals surface area contributed by atoms with Gasteiger partial charge in [0.05, 0.1) is 12.0 Å². The summed E-state index contributed by atoms with van der Waals surface area (Å²) in [6.45, 7) is 3.70. The van der Waals surface area contributed by atoms with Crippen LogP contribution in [0.3, 0.4) is 0 Å². The predicted molar refractivity (Wildman–Crippen MR) is 166 cm³/mol. The van der Waals surface area contributed by atoms with Gasteiger partial charge in [-0.3, -0.25) is 4.79 Å². The number of carbonyl (C=O) groups excluding carboxylic acids is 1. The lowest BCUT2D eigenvalue weighted by molar-refractivity contribution is -0.139. The molecule has 0 aliphatic heterocycles. The average Bonchev–Trinajstić information content (AvgIpc) is 3.45. The van der Waals surface area contributed by atoms with Gasteiger partial charge in [-0.25, -0.2) is 9.18 Å². The number of carbonyl (C=O) groups is 2. The molecule has 2 N–H and O–H groups in total. The van der Waals surface area contributed by atoms with Crippen molar-refractivity contribution in [3.8, 4) is 22.6 Å². The molecule has 0 bridgehead atoms. The molecule has 0 aliphatic carbocycles. The maximum Gasteiger partial charge on any atom is 0.326 e. The van der Waals surface area contributed by atoms with E-state index < -0.39 is 24.1 Å². The number of rotatable bonds is 14. The van der Waals surface area contributed by atoms with Crippen LogP contribution >= 0.6 is 11.3 Å². The van der Waals surface area contributed by atoms with E-state index in [2.05, 4.69) is 11.9 Å². The second kappa shape index (κ2) is 14.8. The molecule has 8 heteroatoms. The number of fused-ring (bicyclic) bond motifs is 1. The Balaban J connectivity index is 1.31. The SMILES string of the molecule is C=CC(F)C=C/C=C/COc1ccc(CCC(NC(=O)c2cc3cc(-c4ccc(OC)cc4)ccc3s2)C(=O)O)cc1. The van der Waals surface area contributed by atoms with E-state index in [0.29, 0.717) is 23.7 Å². The molecule has 1 aromatic heterocycles. The molecule has 2 unspecified atom stereocenters. The number of aliphatic carboxylic acids is 1. The van der Waals surface area contributed by atoms with Crippen molar-refractivity contribution in [3.63, 3.8) is 0 Å². The van der Waals surface area contributed by atoms with E-state index >= 15 is 0 Å². The summed E-state index contributed by atoms with van der Waals surface area (Å²) in [4.78, 5) is 25.4. The summed E-state index contributed by atoms with van der Waals surface area (Å²) < 4.78 is 24.8. The van der Waals surface area contributed by atoms with Gasteiger partial charge in [-0.2, -0.15) is 0 Å². The van der Waals surface area contributed by atoms with Crippen molar-refractivity contribution < 1.29 is 28.6 Å². The van der Waals surface area contributed by atoms with Crippen LogP contribution in [-0.2, 0) is 11.2 Å². The van der Waals surface area contributed by atoms with Gasteiger partial charge in [0.1, 0.15) is 30.3 Å². The molecule has 0 radical (unpaired) electrons. The number of ether oxygens (including phenoxy) is 2. The summed E-state index contributed by atoms with van der Waals surface area (Å²) in [6, 6.07) is 21.8. The fraction of sp³-hybridized carbons (Fsp3) is 0.176. The molecule has 1 heterocycles. The highest BCUT2D eigenvalue weighted by Gasteiger charge is 2.22. The zero-order valence-corrected chi connectivity index (χ0v) is 24.0. The van der Waals surface area contributed by atoms with Crippen molar-refractivity contribution >= 4 is 33.3 Å². The Kier molecular flexibility index (Phi) is 10.7. The highest BCUT2D eigenvalue weighted by molar-refractivity contribution is 7.20. The highest BCUT2D eigenvalue weighted by atomic mass is 32.1. The van der Waals surface area contributed by atoms with E-state index in [1.165, 1.54) is 23.5 Å². The third kappa shape index (κ3) is 8.41. The first-order chi connectivity index (χ1) is 20.4. The van der Waals surface area contributed by atoms with Crippen LogP contribution in [0.4, 0.5) is 4.39 Å². The van der Waals surface area contributed by atoms with Gasteiger partial charge in [0, 0.05) is 4.70 Å². The monoisotopic (exact) mass is 585 g/mol. The molecule has 42 heavy (non-hydrogen) atoms. The molecule has 3 aromatic carbocycles. The summed E-state index contributed by atoms with van der Waals surface area (Å²) in [5.74, 6) is -0.0578. The molecule has 216 valence electrons. The first kappa shape index (κ1) is 30.3. The minimum absolute atomic E-state index is 0.239. The van der Waals surface area contributed by atoms with Crippen LogP contribution in [0.5, 0.6) is 11.5 Å². The van der Waals surface area contributed by atoms with Crippen molar-refractivity contribution in [2.45, 2.75) is 25.1 Å². The van der Waals surface area contributed by atoms with Crippen LogP contribution in [0.1, 0.15) is 21.7 Å². The first-order valence-corrected chi connectivity index (χ1v) is 14.2. The number of halogens is 1. The number of carboxylic acids is 1. The third-order valence-electron chi connectivity index (χ3n) is 6.53. The molecule has 0 aliphatic rings. The number of methoxy groups -OCH3 is 1. The van der Waals surface area contributed by atoms with E-state index in [4.69, 9.17) is 9.47 Å². The number of amides is 1. The van der Waals surface area contributed by atoms with E-state index in [9.17, 15) is 19.1 Å². The summed E-state index contributed by atoms with van der Waals surface area (Å²) in [5.41, 5.74) is 2.97. The zero-order valence-electron chi connectivity index (χ0n) is 23.2. The zero-order chi connectivity index (χ0) is 29.9. The molecule has 0 fully saturated rings. The molecular weight excluding hydrogens is 553 g/mol. The van der Waals surface area contributed by atoms with Crippen molar-refractivity contribution in [3.05, 3.63) is 120 Å². The Labute approximate surface area is 248 Å². The van der Waals surface area contributed by atoms with Gasteiger partial charge in [0.15, 0.2) is 0 Å². The number of aryl methyl sites for hydroxylation is 1. The van der Waals surface area contributed by atoms with Gasteiger partial charge < -0.3 is 19.9 Å². The minimum Gasteiger partial charge on any atom is -0.497 e. The first-order valence-electron chi connectivity index (χ1n) is 13.4. The molecule has 1 amide bonds. The summed E-state index contributed by atoms with van der Waals surface area (Å²) in [6.07, 6.45) is 7.18. The molecule has 4 rings (SSSR count). The Bertz CT molecular complexity index is 1570. The number of hydrogen-bond acceptors (Lipinski definition) is 5. The van der Waals surface area contributed by atoms with Crippen molar-refractivity contribution in [1.29, 1.82) is 0 Å². The van der Waals surface area contributed by atoms with Gasteiger partial charge in [-0.05, 0) is 89.5 Å². The van der Waals surface area contributed by atoms with Crippen LogP contribution in [0, 0.1) is 0 Å². The fourth-order valence-corrected chi connectivity index (χ4v) is 5.14. The van der Waals surface area contributed by atoms with Gasteiger partial charge in [0.25, 0.3) is 5.91 Å². The number of nitrogens with one attached hydrogen (secondary N) is 1. The fourth-order valence-electron chi connectivity index (χ4n) is 4.20. The standard InChI is InChI=1S/C34H32FNO5S/c1-3-27(35)7-5-4-6-20-41-29-14-8-23(9-15-29)10-18-30(34(38)39)36-33(37)32-22-26-21-25(13-19-31(26)42-32)24-11-16-28(40-2)17-12-24/h3-9,11-17,19,21-22,27,30H,1,10,18,20H2,2H3,(H,36,37)(H,38,39)/b6-4+,7-5?. The van der Waals surface area contributed by atoms with E-state index in [1.54, 1.807) is 43.5 Å². The third-order valence-corrected chi connectivity index (χ3v) is 7.64. The number of thiophene rings is 1. The summed E-state index contributed by atoms with van der Waals surface area (Å²) in [5, 5.41) is 13.4. The van der Waals surface area contributed by atoms with Crippen LogP contribution in [0.15, 0.2) is 110 Å². The lowest BCUT2D eigenvalue weighted by Gasteiger charge is -2.14. The van der Waals surface area contributed by atoms with Crippen LogP contribution in [0.25, 0.3) is 21.2 Å². The van der Waals surface area contributed by atoms with Crippen molar-refractivity contribution in [1.82, 2.24) is 5.32 Å². The van der Waals surface area contributed by atoms with Crippen LogP contribution in [-0.4, -0.2) is 42.9 Å². The van der Waals surface area contributed by atoms with Crippen LogP contribution < -0.4 is 14.8 Å². The molecular formula is C34H32FNO5S. The molecule has 2 atom stereocenters. The van der Waals surface area contributed by atoms with Crippen molar-refractivity contribution in [2.24, 2.45) is 0 Å². The topological polar surface area (TPSA) is 84.9 Å². The molecule has 0 spiro atoms. The number of allylic oxidation sites excluding steroid dienone is 4. The number of benzene rings is 3. The minimum atomic E-state index is -1.17. The maximum atomic E-state index is 13.0. The maximum absolute atomic E-state index is 13.0. The van der Waals surface area contributed by atoms with E-state index in [0.717, 1.165) is 32.5 Å². The largest absolute Gasteiger partial charge is 0.497 e. The lowest BCUT2D eigenvalue weighted by atomic mass is 10.0. The summed E-state index contributed by atoms with van der Waals surface area (Å²) >= 11 is 1.33. The van der Waals surface area contributed by atoms with E-state index in [-0.39, 0.29) is 6.42 Å². The number of hydrogen-bond donors (Lipinski definition) is 2. The molecule has 0 saturated carbocycles. The van der Waals surface area contributed by atoms with Gasteiger partial charge in [-0.1, -0.05) is 55.1 Å². The Morgan fingerprint density at radius 1 is 1.00 bits per heavy atom. The Morgan fingerprint density at radius 2 is 1.71 bits per heavy atom. The lowest BCUT2D eigenvalue weighted by Crippen LogP contribution is -2.40. The molecule has 6 nitrogen and oxygen atoms in total. The smallest absolute Gasteiger partial charge is 0.326 e. The highest BCUT2D eigenvalue weighted by Crippen LogP contribution is 2.31. The molecule has 0 saturated heterocycles. The quantitative estimate of drug-likeness (QED) is 0.119. The van der Waals surface area contributed by atoms with E-state index in [1.807, 2.05) is 54.6 Å². The Morgan fingerprint density at radius 3 is 2.40 bits per heavy atom. The average molecular weight is 586 g/mol. The second-order valence-corrected chi connectivity index (χ2v) is 10.5. The van der Waals surface area contributed by atoms with Crippen LogP contribution in [0.2, 0.25) is 0 Å². The van der Waals surface area contributed by atoms with Gasteiger partial charge >= 0.3 is 5.97 Å². The van der Waals surface area contributed by atoms with Gasteiger partial charge in [0.2, 0.25) is 0 Å². The number of alkyl halides is 1. The Hall–Kier alpha value is -4.69. The molecule has 4 aromatic rings. The second-order valence-electron chi connectivity index (χ2n) is 9.44. The predicted octanol–water partition coefficient (Wildman–Crippen LogP) is 7.41. The van der Waals surface area contributed by atoms with Crippen molar-refractivity contribution in [2.75, 3.05) is 13.7 Å². The normalized spacial score (nSPS) is 12.8. The number of carboxylic acid groups (broad SMARTS) is 1. The summed E-state index contributed by atoms with van der Waals surface area (Å²) in [7, 11) is 1.63.